The predicted molar refractivity (Wildman–Crippen MR) is 77.1 cm³/mol. The fraction of sp³-hybridized carbons (Fsp3) is 0.286. The minimum absolute atomic E-state index is 0. The molecule has 0 saturated heterocycles. The third-order valence-corrected chi connectivity index (χ3v) is 2.36. The van der Waals surface area contributed by atoms with Gasteiger partial charge in [0.15, 0.2) is 0 Å². The van der Waals surface area contributed by atoms with Crippen molar-refractivity contribution in [3.05, 3.63) is 49.1 Å². The van der Waals surface area contributed by atoms with E-state index in [1.165, 1.54) is 11.4 Å². The van der Waals surface area contributed by atoms with Crippen LogP contribution in [-0.4, -0.2) is 38.2 Å². The smallest absolute Gasteiger partial charge is 0.0391 e. The summed E-state index contributed by atoms with van der Waals surface area (Å²) < 4.78 is 0. The standard InChI is InChI=1S/2C7H10N2.Ti/c2*1-9(2)7-3-5-8-6-4-7;/h2*3-6H,1-2H3;. The van der Waals surface area contributed by atoms with Crippen molar-refractivity contribution in [1.29, 1.82) is 0 Å². The van der Waals surface area contributed by atoms with E-state index < -0.39 is 0 Å². The minimum Gasteiger partial charge on any atom is -0.378 e. The summed E-state index contributed by atoms with van der Waals surface area (Å²) in [5.41, 5.74) is 2.37. The van der Waals surface area contributed by atoms with Crippen LogP contribution in [0.3, 0.4) is 0 Å². The maximum absolute atomic E-state index is 3.90. The topological polar surface area (TPSA) is 32.3 Å². The molecule has 0 aromatic carbocycles. The Balaban J connectivity index is 0.000000324. The van der Waals surface area contributed by atoms with Gasteiger partial charge in [0.2, 0.25) is 0 Å². The van der Waals surface area contributed by atoms with Gasteiger partial charge < -0.3 is 9.80 Å². The Kier molecular flexibility index (Phi) is 8.84. The van der Waals surface area contributed by atoms with Crippen molar-refractivity contribution in [1.82, 2.24) is 9.97 Å². The van der Waals surface area contributed by atoms with Crippen LogP contribution in [0.2, 0.25) is 0 Å². The van der Waals surface area contributed by atoms with E-state index in [1.807, 2.05) is 62.3 Å². The maximum atomic E-state index is 3.90. The van der Waals surface area contributed by atoms with E-state index in [-0.39, 0.29) is 21.7 Å². The van der Waals surface area contributed by atoms with Crippen LogP contribution in [0.5, 0.6) is 0 Å². The minimum atomic E-state index is 0. The van der Waals surface area contributed by atoms with Crippen LogP contribution < -0.4 is 9.80 Å². The second kappa shape index (κ2) is 9.53. The van der Waals surface area contributed by atoms with Crippen molar-refractivity contribution in [3.8, 4) is 0 Å². The second-order valence-electron chi connectivity index (χ2n) is 4.20. The average Bonchev–Trinajstić information content (AvgIpc) is 2.41. The van der Waals surface area contributed by atoms with E-state index in [4.69, 9.17) is 0 Å². The molecular weight excluding hydrogens is 272 g/mol. The molecule has 0 N–H and O–H groups in total. The van der Waals surface area contributed by atoms with Gasteiger partial charge in [-0.3, -0.25) is 9.97 Å². The molecule has 0 bridgehead atoms. The summed E-state index contributed by atoms with van der Waals surface area (Å²) in [6.45, 7) is 0. The average molecular weight is 292 g/mol. The van der Waals surface area contributed by atoms with Crippen LogP contribution in [-0.2, 0) is 21.7 Å². The van der Waals surface area contributed by atoms with Crippen LogP contribution in [0, 0.1) is 0 Å². The van der Waals surface area contributed by atoms with E-state index in [0.29, 0.717) is 0 Å². The maximum Gasteiger partial charge on any atom is 0.0391 e. The molecule has 0 unspecified atom stereocenters. The summed E-state index contributed by atoms with van der Waals surface area (Å²) in [4.78, 5) is 11.9. The van der Waals surface area contributed by atoms with Gasteiger partial charge in [-0.25, -0.2) is 0 Å². The van der Waals surface area contributed by atoms with Gasteiger partial charge in [0.05, 0.1) is 0 Å². The number of pyridine rings is 2. The summed E-state index contributed by atoms with van der Waals surface area (Å²) in [6.07, 6.45) is 7.15. The van der Waals surface area contributed by atoms with E-state index >= 15 is 0 Å². The Labute approximate surface area is 130 Å². The molecule has 0 aliphatic heterocycles. The molecule has 19 heavy (non-hydrogen) atoms. The van der Waals surface area contributed by atoms with Gasteiger partial charge in [0.1, 0.15) is 0 Å². The van der Waals surface area contributed by atoms with Crippen molar-refractivity contribution in [3.63, 3.8) is 0 Å². The van der Waals surface area contributed by atoms with Gasteiger partial charge in [-0.2, -0.15) is 0 Å². The first-order valence-electron chi connectivity index (χ1n) is 5.76. The molecule has 0 aliphatic rings. The summed E-state index contributed by atoms with van der Waals surface area (Å²) >= 11 is 0. The summed E-state index contributed by atoms with van der Waals surface area (Å²) in [5.74, 6) is 0. The molecule has 2 rings (SSSR count). The Morgan fingerprint density at radius 3 is 1.05 bits per heavy atom. The molecule has 0 aliphatic carbocycles. The first kappa shape index (κ1) is 17.6. The Hall–Kier alpha value is -1.39. The SMILES string of the molecule is CN(C)c1ccncc1.CN(C)c1ccncc1.[Ti]. The van der Waals surface area contributed by atoms with Gasteiger partial charge in [-0.1, -0.05) is 0 Å². The van der Waals surface area contributed by atoms with Crippen molar-refractivity contribution in [2.45, 2.75) is 0 Å². The Bertz CT molecular complexity index is 388. The molecule has 5 heteroatoms. The van der Waals surface area contributed by atoms with Crippen molar-refractivity contribution in [2.75, 3.05) is 38.0 Å². The fourth-order valence-electron chi connectivity index (χ4n) is 1.28. The zero-order valence-corrected chi connectivity index (χ0v) is 13.5. The first-order chi connectivity index (χ1) is 8.61. The normalized spacial score (nSPS) is 8.63. The Morgan fingerprint density at radius 1 is 0.632 bits per heavy atom. The molecular formula is C14H20N4Ti. The Morgan fingerprint density at radius 2 is 0.895 bits per heavy atom. The number of rotatable bonds is 2. The van der Waals surface area contributed by atoms with Gasteiger partial charge in [0.25, 0.3) is 0 Å². The van der Waals surface area contributed by atoms with Crippen LogP contribution >= 0.6 is 0 Å². The van der Waals surface area contributed by atoms with Crippen molar-refractivity contribution >= 4 is 11.4 Å². The van der Waals surface area contributed by atoms with E-state index in [1.54, 1.807) is 24.8 Å². The fourth-order valence-corrected chi connectivity index (χ4v) is 1.28. The second-order valence-corrected chi connectivity index (χ2v) is 4.20. The summed E-state index contributed by atoms with van der Waals surface area (Å²) in [5, 5.41) is 0. The van der Waals surface area contributed by atoms with Gasteiger partial charge in [-0.15, -0.1) is 0 Å². The third-order valence-electron chi connectivity index (χ3n) is 2.36. The molecule has 0 amide bonds. The van der Waals surface area contributed by atoms with Crippen LogP contribution in [0.4, 0.5) is 11.4 Å². The number of aromatic nitrogens is 2. The van der Waals surface area contributed by atoms with Crippen molar-refractivity contribution in [2.24, 2.45) is 0 Å². The zero-order valence-electron chi connectivity index (χ0n) is 11.9. The molecule has 2 aromatic heterocycles. The van der Waals surface area contributed by atoms with Gasteiger partial charge >= 0.3 is 0 Å². The number of nitrogens with zero attached hydrogens (tertiary/aromatic N) is 4. The molecule has 0 radical (unpaired) electrons. The molecule has 4 nitrogen and oxygen atoms in total. The third kappa shape index (κ3) is 6.94. The molecule has 2 heterocycles. The zero-order chi connectivity index (χ0) is 13.4. The molecule has 0 atom stereocenters. The molecule has 0 spiro atoms. The quantitative estimate of drug-likeness (QED) is 0.795. The predicted octanol–water partition coefficient (Wildman–Crippen LogP) is 2.29. The van der Waals surface area contributed by atoms with E-state index in [2.05, 4.69) is 9.97 Å². The van der Waals surface area contributed by atoms with Crippen LogP contribution in [0.1, 0.15) is 0 Å². The monoisotopic (exact) mass is 292 g/mol. The van der Waals surface area contributed by atoms with E-state index in [9.17, 15) is 0 Å². The summed E-state index contributed by atoms with van der Waals surface area (Å²) in [7, 11) is 8.04. The first-order valence-corrected chi connectivity index (χ1v) is 5.76. The largest absolute Gasteiger partial charge is 0.378 e. The summed E-state index contributed by atoms with van der Waals surface area (Å²) in [6, 6.07) is 7.89. The molecule has 100 valence electrons. The van der Waals surface area contributed by atoms with Gasteiger partial charge in [0, 0.05) is 86.1 Å². The molecule has 0 saturated carbocycles. The molecule has 0 fully saturated rings. The molecule has 2 aromatic rings. The number of anilines is 2. The van der Waals surface area contributed by atoms with Gasteiger partial charge in [-0.05, 0) is 24.3 Å². The van der Waals surface area contributed by atoms with E-state index in [0.717, 1.165) is 0 Å². The number of hydrogen-bond acceptors (Lipinski definition) is 4. The van der Waals surface area contributed by atoms with Crippen molar-refractivity contribution < 1.29 is 21.7 Å². The van der Waals surface area contributed by atoms with Crippen LogP contribution in [0.25, 0.3) is 0 Å². The number of hydrogen-bond donors (Lipinski definition) is 0. The van der Waals surface area contributed by atoms with Crippen LogP contribution in [0.15, 0.2) is 49.1 Å².